The summed E-state index contributed by atoms with van der Waals surface area (Å²) in [6.07, 6.45) is 4.99. The van der Waals surface area contributed by atoms with Gasteiger partial charge in [-0.25, -0.2) is 0 Å². The topological polar surface area (TPSA) is 17.8 Å². The molecular formula is C11H16BrClN2. The molecule has 15 heavy (non-hydrogen) atoms. The van der Waals surface area contributed by atoms with Crippen molar-refractivity contribution in [3.8, 4) is 0 Å². The number of aryl methyl sites for hydroxylation is 2. The maximum atomic E-state index is 6.23. The third kappa shape index (κ3) is 2.23. The first kappa shape index (κ1) is 11.5. The van der Waals surface area contributed by atoms with Gasteiger partial charge >= 0.3 is 0 Å². The van der Waals surface area contributed by atoms with Crippen LogP contribution < -0.4 is 0 Å². The molecule has 1 aromatic heterocycles. The molecule has 0 N–H and O–H groups in total. The van der Waals surface area contributed by atoms with Crippen molar-refractivity contribution < 1.29 is 0 Å². The summed E-state index contributed by atoms with van der Waals surface area (Å²) in [4.78, 5) is 0.660. The number of hydrogen-bond donors (Lipinski definition) is 0. The fourth-order valence-electron chi connectivity index (χ4n) is 2.39. The van der Waals surface area contributed by atoms with Crippen LogP contribution in [0, 0.1) is 12.8 Å². The monoisotopic (exact) mass is 290 g/mol. The second-order valence-corrected chi connectivity index (χ2v) is 5.92. The molecule has 2 nitrogen and oxygen atoms in total. The van der Waals surface area contributed by atoms with E-state index in [1.54, 1.807) is 4.68 Å². The van der Waals surface area contributed by atoms with Crippen LogP contribution in [0.1, 0.15) is 30.5 Å². The lowest BCUT2D eigenvalue weighted by Gasteiger charge is -2.13. The van der Waals surface area contributed by atoms with Crippen molar-refractivity contribution in [1.82, 2.24) is 9.78 Å². The van der Waals surface area contributed by atoms with Crippen molar-refractivity contribution in [3.63, 3.8) is 0 Å². The highest BCUT2D eigenvalue weighted by atomic mass is 79.9. The standard InChI is InChI=1S/C11H16BrClN2/c1-7-9(11(13)15(2)14-7)6-8-4-3-5-10(8)12/h8,10H,3-6H2,1-2H3. The molecule has 2 atom stereocenters. The molecule has 2 rings (SSSR count). The molecule has 1 aliphatic carbocycles. The van der Waals surface area contributed by atoms with Crippen LogP contribution in [0.2, 0.25) is 5.15 Å². The van der Waals surface area contributed by atoms with Gasteiger partial charge in [0.2, 0.25) is 0 Å². The number of aromatic nitrogens is 2. The lowest BCUT2D eigenvalue weighted by Crippen LogP contribution is -2.10. The van der Waals surface area contributed by atoms with E-state index in [1.165, 1.54) is 24.8 Å². The van der Waals surface area contributed by atoms with Gasteiger partial charge in [-0.2, -0.15) is 5.10 Å². The van der Waals surface area contributed by atoms with E-state index in [0.717, 1.165) is 23.2 Å². The van der Waals surface area contributed by atoms with Gasteiger partial charge in [-0.3, -0.25) is 4.68 Å². The van der Waals surface area contributed by atoms with Crippen molar-refractivity contribution in [2.45, 2.75) is 37.4 Å². The van der Waals surface area contributed by atoms with E-state index in [1.807, 2.05) is 14.0 Å². The van der Waals surface area contributed by atoms with Crippen molar-refractivity contribution in [3.05, 3.63) is 16.4 Å². The largest absolute Gasteiger partial charge is 0.257 e. The average molecular weight is 292 g/mol. The molecule has 1 heterocycles. The highest BCUT2D eigenvalue weighted by molar-refractivity contribution is 9.09. The second kappa shape index (κ2) is 4.46. The summed E-state index contributed by atoms with van der Waals surface area (Å²) in [7, 11) is 1.90. The normalized spacial score (nSPS) is 26.1. The Balaban J connectivity index is 2.16. The van der Waals surface area contributed by atoms with Gasteiger partial charge in [-0.15, -0.1) is 0 Å². The maximum absolute atomic E-state index is 6.23. The van der Waals surface area contributed by atoms with Crippen molar-refractivity contribution in [2.24, 2.45) is 13.0 Å². The zero-order chi connectivity index (χ0) is 11.0. The Bertz CT molecular complexity index is 362. The average Bonchev–Trinajstić information content (AvgIpc) is 2.67. The van der Waals surface area contributed by atoms with Crippen molar-refractivity contribution >= 4 is 27.5 Å². The molecule has 84 valence electrons. The van der Waals surface area contributed by atoms with Gasteiger partial charge in [-0.05, 0) is 32.1 Å². The Hall–Kier alpha value is -0.0200. The molecule has 0 aromatic carbocycles. The summed E-state index contributed by atoms with van der Waals surface area (Å²) in [6, 6.07) is 0. The maximum Gasteiger partial charge on any atom is 0.130 e. The highest BCUT2D eigenvalue weighted by Gasteiger charge is 2.27. The summed E-state index contributed by atoms with van der Waals surface area (Å²) >= 11 is 9.97. The first-order valence-corrected chi connectivity index (χ1v) is 6.71. The Morgan fingerprint density at radius 1 is 1.53 bits per heavy atom. The van der Waals surface area contributed by atoms with E-state index in [2.05, 4.69) is 21.0 Å². The molecule has 2 unspecified atom stereocenters. The van der Waals surface area contributed by atoms with E-state index >= 15 is 0 Å². The number of hydrogen-bond acceptors (Lipinski definition) is 1. The molecule has 1 saturated carbocycles. The van der Waals surface area contributed by atoms with E-state index < -0.39 is 0 Å². The summed E-state index contributed by atoms with van der Waals surface area (Å²) < 4.78 is 1.77. The Morgan fingerprint density at radius 3 is 2.73 bits per heavy atom. The Morgan fingerprint density at radius 2 is 2.27 bits per heavy atom. The first-order chi connectivity index (χ1) is 7.09. The molecule has 0 bridgehead atoms. The first-order valence-electron chi connectivity index (χ1n) is 5.41. The molecule has 0 amide bonds. The third-order valence-electron chi connectivity index (χ3n) is 3.30. The van der Waals surface area contributed by atoms with Gasteiger partial charge in [0, 0.05) is 17.4 Å². The van der Waals surface area contributed by atoms with Crippen LogP contribution in [-0.2, 0) is 13.5 Å². The Kier molecular flexibility index (Phi) is 3.41. The summed E-state index contributed by atoms with van der Waals surface area (Å²) in [5.74, 6) is 0.727. The quantitative estimate of drug-likeness (QED) is 0.763. The van der Waals surface area contributed by atoms with Gasteiger partial charge in [0.05, 0.1) is 5.69 Å². The van der Waals surface area contributed by atoms with Crippen LogP contribution >= 0.6 is 27.5 Å². The van der Waals surface area contributed by atoms with Gasteiger partial charge in [0.25, 0.3) is 0 Å². The van der Waals surface area contributed by atoms with E-state index in [-0.39, 0.29) is 0 Å². The fourth-order valence-corrected chi connectivity index (χ4v) is 3.42. The van der Waals surface area contributed by atoms with Gasteiger partial charge in [0.15, 0.2) is 0 Å². The highest BCUT2D eigenvalue weighted by Crippen LogP contribution is 2.35. The molecule has 1 aliphatic rings. The van der Waals surface area contributed by atoms with Crippen LogP contribution in [0.15, 0.2) is 0 Å². The summed E-state index contributed by atoms with van der Waals surface area (Å²) in [6.45, 7) is 2.04. The number of alkyl halides is 1. The molecule has 0 radical (unpaired) electrons. The van der Waals surface area contributed by atoms with Gasteiger partial charge in [-0.1, -0.05) is 34.0 Å². The van der Waals surface area contributed by atoms with Crippen LogP contribution in [0.3, 0.4) is 0 Å². The lowest BCUT2D eigenvalue weighted by molar-refractivity contribution is 0.561. The Labute approximate surface area is 104 Å². The van der Waals surface area contributed by atoms with Crippen LogP contribution in [-0.4, -0.2) is 14.6 Å². The predicted octanol–water partition coefficient (Wildman–Crippen LogP) is 3.49. The molecular weight excluding hydrogens is 275 g/mol. The smallest absolute Gasteiger partial charge is 0.130 e. The number of nitrogens with zero attached hydrogens (tertiary/aromatic N) is 2. The van der Waals surface area contributed by atoms with E-state index in [9.17, 15) is 0 Å². The van der Waals surface area contributed by atoms with Gasteiger partial charge in [0.1, 0.15) is 5.15 Å². The predicted molar refractivity (Wildman–Crippen MR) is 66.7 cm³/mol. The molecule has 4 heteroatoms. The third-order valence-corrected chi connectivity index (χ3v) is 4.98. The van der Waals surface area contributed by atoms with Gasteiger partial charge < -0.3 is 0 Å². The minimum atomic E-state index is 0.660. The van der Waals surface area contributed by atoms with Crippen LogP contribution in [0.5, 0.6) is 0 Å². The zero-order valence-corrected chi connectivity index (χ0v) is 11.5. The summed E-state index contributed by atoms with van der Waals surface area (Å²) in [5, 5.41) is 5.15. The molecule has 0 saturated heterocycles. The van der Waals surface area contributed by atoms with Crippen LogP contribution in [0.25, 0.3) is 0 Å². The summed E-state index contributed by atoms with van der Waals surface area (Å²) in [5.41, 5.74) is 2.31. The zero-order valence-electron chi connectivity index (χ0n) is 9.13. The minimum absolute atomic E-state index is 0.660. The van der Waals surface area contributed by atoms with E-state index in [0.29, 0.717) is 4.83 Å². The van der Waals surface area contributed by atoms with Crippen molar-refractivity contribution in [1.29, 1.82) is 0 Å². The molecule has 0 spiro atoms. The van der Waals surface area contributed by atoms with E-state index in [4.69, 9.17) is 11.6 Å². The number of rotatable bonds is 2. The fraction of sp³-hybridized carbons (Fsp3) is 0.727. The molecule has 1 fully saturated rings. The van der Waals surface area contributed by atoms with Crippen LogP contribution in [0.4, 0.5) is 0 Å². The SMILES string of the molecule is Cc1nn(C)c(Cl)c1CC1CCCC1Br. The number of halogens is 2. The molecule has 0 aliphatic heterocycles. The van der Waals surface area contributed by atoms with Crippen molar-refractivity contribution in [2.75, 3.05) is 0 Å². The lowest BCUT2D eigenvalue weighted by atomic mass is 9.98. The molecule has 1 aromatic rings. The minimum Gasteiger partial charge on any atom is -0.257 e. The second-order valence-electron chi connectivity index (χ2n) is 4.39.